The predicted octanol–water partition coefficient (Wildman–Crippen LogP) is -0.0800. The van der Waals surface area contributed by atoms with Crippen molar-refractivity contribution in [2.24, 2.45) is 10.7 Å². The highest BCUT2D eigenvalue weighted by molar-refractivity contribution is 5.95. The molecular weight excluding hydrogens is 142 g/mol. The van der Waals surface area contributed by atoms with Crippen molar-refractivity contribution in [3.8, 4) is 0 Å². The average Bonchev–Trinajstić information content (AvgIpc) is 2.52. The van der Waals surface area contributed by atoms with E-state index in [0.29, 0.717) is 11.5 Å². The lowest BCUT2D eigenvalue weighted by Crippen LogP contribution is -2.14. The Balaban J connectivity index is 2.62. The van der Waals surface area contributed by atoms with Crippen LogP contribution in [0.25, 0.3) is 0 Å². The van der Waals surface area contributed by atoms with Crippen molar-refractivity contribution >= 4 is 5.84 Å². The third-order valence-corrected chi connectivity index (χ3v) is 1.18. The third kappa shape index (κ3) is 2.03. The maximum atomic E-state index is 5.55. The van der Waals surface area contributed by atoms with Gasteiger partial charge in [-0.3, -0.25) is 4.99 Å². The van der Waals surface area contributed by atoms with Gasteiger partial charge < -0.3 is 5.73 Å². The second kappa shape index (κ2) is 3.70. The maximum Gasteiger partial charge on any atom is 0.148 e. The molecule has 0 unspecified atom stereocenters. The number of aromatic amines is 1. The number of hydrogen-bond acceptors (Lipinski definition) is 3. The number of nitrogens with two attached hydrogens (primary N) is 1. The van der Waals surface area contributed by atoms with E-state index in [1.54, 1.807) is 6.20 Å². The largest absolute Gasteiger partial charge is 0.382 e. The lowest BCUT2D eigenvalue weighted by atomic mass is 10.4. The topological polar surface area (TPSA) is 80.0 Å². The monoisotopic (exact) mass is 153 g/mol. The molecule has 1 heterocycles. The fourth-order valence-corrected chi connectivity index (χ4v) is 0.638. The van der Waals surface area contributed by atoms with Gasteiger partial charge in [-0.15, -0.1) is 0 Å². The number of aliphatic imine (C=N–C) groups is 1. The van der Waals surface area contributed by atoms with Crippen LogP contribution >= 0.6 is 0 Å². The van der Waals surface area contributed by atoms with Crippen molar-refractivity contribution in [3.05, 3.63) is 11.9 Å². The van der Waals surface area contributed by atoms with Gasteiger partial charge in [-0.1, -0.05) is 6.92 Å². The maximum absolute atomic E-state index is 5.55. The van der Waals surface area contributed by atoms with Gasteiger partial charge in [-0.25, -0.2) is 0 Å². The normalized spacial score (nSPS) is 11.9. The van der Waals surface area contributed by atoms with Gasteiger partial charge in [0.1, 0.15) is 11.5 Å². The first kappa shape index (κ1) is 7.71. The first-order valence-corrected chi connectivity index (χ1v) is 3.50. The van der Waals surface area contributed by atoms with Crippen molar-refractivity contribution in [3.63, 3.8) is 0 Å². The van der Waals surface area contributed by atoms with Gasteiger partial charge in [0.15, 0.2) is 0 Å². The summed E-state index contributed by atoms with van der Waals surface area (Å²) < 4.78 is 0. The van der Waals surface area contributed by atoms with Gasteiger partial charge in [0.2, 0.25) is 0 Å². The molecule has 0 aromatic carbocycles. The van der Waals surface area contributed by atoms with E-state index in [1.165, 1.54) is 0 Å². The summed E-state index contributed by atoms with van der Waals surface area (Å²) in [6, 6.07) is 0. The minimum atomic E-state index is 0.445. The zero-order valence-electron chi connectivity index (χ0n) is 6.41. The summed E-state index contributed by atoms with van der Waals surface area (Å²) in [5.41, 5.74) is 6.16. The van der Waals surface area contributed by atoms with E-state index in [1.807, 2.05) is 6.92 Å². The number of H-pyrrole nitrogens is 1. The molecule has 0 saturated carbocycles. The summed E-state index contributed by atoms with van der Waals surface area (Å²) in [6.45, 7) is 2.78. The van der Waals surface area contributed by atoms with Gasteiger partial charge in [0.05, 0.1) is 6.20 Å². The van der Waals surface area contributed by atoms with Crippen LogP contribution in [-0.4, -0.2) is 27.8 Å². The minimum absolute atomic E-state index is 0.445. The number of nitrogens with one attached hydrogen (secondary N) is 1. The highest BCUT2D eigenvalue weighted by Crippen LogP contribution is 1.88. The van der Waals surface area contributed by atoms with Crippen molar-refractivity contribution < 1.29 is 0 Å². The molecule has 3 N–H and O–H groups in total. The second-order valence-corrected chi connectivity index (χ2v) is 2.12. The van der Waals surface area contributed by atoms with E-state index in [-0.39, 0.29) is 0 Å². The van der Waals surface area contributed by atoms with E-state index >= 15 is 0 Å². The van der Waals surface area contributed by atoms with E-state index in [2.05, 4.69) is 20.4 Å². The van der Waals surface area contributed by atoms with Gasteiger partial charge in [0.25, 0.3) is 0 Å². The summed E-state index contributed by atoms with van der Waals surface area (Å²) in [5, 5.41) is 9.86. The van der Waals surface area contributed by atoms with Crippen LogP contribution in [0.3, 0.4) is 0 Å². The predicted molar refractivity (Wildman–Crippen MR) is 42.3 cm³/mol. The second-order valence-electron chi connectivity index (χ2n) is 2.12. The molecule has 11 heavy (non-hydrogen) atoms. The van der Waals surface area contributed by atoms with Gasteiger partial charge in [-0.05, 0) is 6.42 Å². The highest BCUT2D eigenvalue weighted by atomic mass is 15.3. The number of aromatic nitrogens is 3. The molecular formula is C6H11N5. The van der Waals surface area contributed by atoms with Crippen LogP contribution in [0, 0.1) is 0 Å². The first-order chi connectivity index (χ1) is 5.34. The zero-order chi connectivity index (χ0) is 8.10. The Bertz CT molecular complexity index is 225. The Morgan fingerprint density at radius 3 is 3.18 bits per heavy atom. The zero-order valence-corrected chi connectivity index (χ0v) is 6.41. The number of hydrogen-bond donors (Lipinski definition) is 2. The molecule has 0 spiro atoms. The summed E-state index contributed by atoms with van der Waals surface area (Å²) in [7, 11) is 0. The first-order valence-electron chi connectivity index (χ1n) is 3.50. The summed E-state index contributed by atoms with van der Waals surface area (Å²) >= 11 is 0. The van der Waals surface area contributed by atoms with Crippen LogP contribution in [0.4, 0.5) is 0 Å². The molecule has 0 aliphatic carbocycles. The van der Waals surface area contributed by atoms with Crippen LogP contribution in [0.5, 0.6) is 0 Å². The molecule has 0 atom stereocenters. The molecule has 0 fully saturated rings. The van der Waals surface area contributed by atoms with Gasteiger partial charge >= 0.3 is 0 Å². The summed E-state index contributed by atoms with van der Waals surface area (Å²) in [5.74, 6) is 0.445. The molecule has 0 bridgehead atoms. The van der Waals surface area contributed by atoms with Crippen LogP contribution in [0.2, 0.25) is 0 Å². The molecule has 0 radical (unpaired) electrons. The fourth-order valence-electron chi connectivity index (χ4n) is 0.638. The molecule has 0 saturated heterocycles. The van der Waals surface area contributed by atoms with Gasteiger partial charge in [0, 0.05) is 6.54 Å². The van der Waals surface area contributed by atoms with Crippen LogP contribution < -0.4 is 5.73 Å². The Labute approximate surface area is 64.7 Å². The SMILES string of the molecule is CCCN=C(N)c1cn[nH]n1. The van der Waals surface area contributed by atoms with Crippen molar-refractivity contribution in [2.75, 3.05) is 6.54 Å². The molecule has 5 heteroatoms. The van der Waals surface area contributed by atoms with E-state index in [4.69, 9.17) is 5.73 Å². The quantitative estimate of drug-likeness (QED) is 0.470. The molecule has 5 nitrogen and oxygen atoms in total. The standard InChI is InChI=1S/C6H11N5/c1-2-3-8-6(7)5-4-9-11-10-5/h4H,2-3H2,1H3,(H2,7,8)(H,9,10,11). The number of amidine groups is 1. The average molecular weight is 153 g/mol. The molecule has 1 aromatic rings. The van der Waals surface area contributed by atoms with Crippen LogP contribution in [0.15, 0.2) is 11.2 Å². The van der Waals surface area contributed by atoms with Crippen molar-refractivity contribution in [1.29, 1.82) is 0 Å². The smallest absolute Gasteiger partial charge is 0.148 e. The molecule has 0 amide bonds. The minimum Gasteiger partial charge on any atom is -0.382 e. The van der Waals surface area contributed by atoms with E-state index in [9.17, 15) is 0 Å². The summed E-state index contributed by atoms with van der Waals surface area (Å²) in [6.07, 6.45) is 2.53. The Kier molecular flexibility index (Phi) is 2.59. The van der Waals surface area contributed by atoms with Gasteiger partial charge in [-0.2, -0.15) is 15.4 Å². The van der Waals surface area contributed by atoms with E-state index in [0.717, 1.165) is 13.0 Å². The van der Waals surface area contributed by atoms with Crippen molar-refractivity contribution in [1.82, 2.24) is 15.4 Å². The number of nitrogens with zero attached hydrogens (tertiary/aromatic N) is 3. The Morgan fingerprint density at radius 1 is 1.82 bits per heavy atom. The Morgan fingerprint density at radius 2 is 2.64 bits per heavy atom. The fraction of sp³-hybridized carbons (Fsp3) is 0.500. The third-order valence-electron chi connectivity index (χ3n) is 1.18. The van der Waals surface area contributed by atoms with E-state index < -0.39 is 0 Å². The Hall–Kier alpha value is -1.39. The molecule has 0 aliphatic rings. The molecule has 1 aromatic heterocycles. The lowest BCUT2D eigenvalue weighted by Gasteiger charge is -1.92. The molecule has 60 valence electrons. The molecule has 0 aliphatic heterocycles. The number of rotatable bonds is 3. The van der Waals surface area contributed by atoms with Crippen LogP contribution in [0.1, 0.15) is 19.0 Å². The highest BCUT2D eigenvalue weighted by Gasteiger charge is 1.98. The summed E-state index contributed by atoms with van der Waals surface area (Å²) in [4.78, 5) is 4.06. The lowest BCUT2D eigenvalue weighted by molar-refractivity contribution is 0.920. The molecule has 1 rings (SSSR count). The van der Waals surface area contributed by atoms with Crippen molar-refractivity contribution in [2.45, 2.75) is 13.3 Å². The van der Waals surface area contributed by atoms with Crippen LogP contribution in [-0.2, 0) is 0 Å².